The lowest BCUT2D eigenvalue weighted by molar-refractivity contribution is 0.626. The van der Waals surface area contributed by atoms with Crippen molar-refractivity contribution >= 4 is 16.6 Å². The van der Waals surface area contributed by atoms with Crippen LogP contribution in [0.25, 0.3) is 10.9 Å². The van der Waals surface area contributed by atoms with Crippen LogP contribution < -0.4 is 4.90 Å². The minimum Gasteiger partial charge on any atom is -0.363 e. The Morgan fingerprint density at radius 3 is 1.90 bits per heavy atom. The Morgan fingerprint density at radius 1 is 0.828 bits per heavy atom. The van der Waals surface area contributed by atoms with Gasteiger partial charge in [-0.1, -0.05) is 24.3 Å². The van der Waals surface area contributed by atoms with Crippen molar-refractivity contribution in [2.45, 2.75) is 33.5 Å². The van der Waals surface area contributed by atoms with Crippen LogP contribution in [-0.4, -0.2) is 9.78 Å². The van der Waals surface area contributed by atoms with E-state index in [2.05, 4.69) is 35.1 Å². The third-order valence-electron chi connectivity index (χ3n) is 5.16. The van der Waals surface area contributed by atoms with Crippen LogP contribution in [0.3, 0.4) is 0 Å². The molecule has 1 aromatic heterocycles. The zero-order valence-electron chi connectivity index (χ0n) is 16.6. The number of hydrogen-bond acceptors (Lipinski definition) is 2. The average Bonchev–Trinajstić information content (AvgIpc) is 3.06. The van der Waals surface area contributed by atoms with Crippen LogP contribution in [0.5, 0.6) is 0 Å². The summed E-state index contributed by atoms with van der Waals surface area (Å²) in [5.74, 6) is -0.495. The lowest BCUT2D eigenvalue weighted by atomic mass is 10.1. The third kappa shape index (κ3) is 4.14. The molecule has 0 bridgehead atoms. The molecule has 0 aliphatic carbocycles. The van der Waals surface area contributed by atoms with Gasteiger partial charge in [-0.3, -0.25) is 4.68 Å². The van der Waals surface area contributed by atoms with E-state index < -0.39 is 0 Å². The second-order valence-corrected chi connectivity index (χ2v) is 7.21. The first-order valence-electron chi connectivity index (χ1n) is 9.74. The number of nitrogens with zero attached hydrogens (tertiary/aromatic N) is 3. The number of aryl methyl sites for hydroxylation is 2. The van der Waals surface area contributed by atoms with Crippen LogP contribution in [0.1, 0.15) is 23.7 Å². The molecule has 0 atom stereocenters. The molecule has 148 valence electrons. The molecule has 0 saturated heterocycles. The van der Waals surface area contributed by atoms with Gasteiger partial charge in [-0.15, -0.1) is 0 Å². The topological polar surface area (TPSA) is 21.1 Å². The van der Waals surface area contributed by atoms with E-state index in [-0.39, 0.29) is 11.6 Å². The second-order valence-electron chi connectivity index (χ2n) is 7.21. The van der Waals surface area contributed by atoms with Crippen molar-refractivity contribution in [2.24, 2.45) is 0 Å². The Morgan fingerprint density at radius 2 is 1.38 bits per heavy atom. The molecule has 0 aliphatic rings. The van der Waals surface area contributed by atoms with Gasteiger partial charge in [-0.05, 0) is 67.4 Å². The van der Waals surface area contributed by atoms with E-state index in [1.54, 1.807) is 24.3 Å². The molecule has 0 N–H and O–H groups in total. The minimum atomic E-state index is -0.247. The first-order valence-corrected chi connectivity index (χ1v) is 9.74. The summed E-state index contributed by atoms with van der Waals surface area (Å²) in [4.78, 5) is 2.21. The minimum absolute atomic E-state index is 0.247. The summed E-state index contributed by atoms with van der Waals surface area (Å²) in [6.45, 7) is 6.14. The SMILES string of the molecule is CCn1nc(C)c2cc(N(Cc3ccc(F)cc3)Cc3ccc(F)cc3)ccc21. The normalized spacial score (nSPS) is 11.2. The van der Waals surface area contributed by atoms with Crippen molar-refractivity contribution in [3.63, 3.8) is 0 Å². The van der Waals surface area contributed by atoms with Gasteiger partial charge in [0, 0.05) is 30.7 Å². The number of anilines is 1. The predicted octanol–water partition coefficient (Wildman–Crippen LogP) is 5.85. The van der Waals surface area contributed by atoms with Crippen molar-refractivity contribution in [3.05, 3.63) is 95.2 Å². The van der Waals surface area contributed by atoms with E-state index in [1.807, 2.05) is 11.6 Å². The highest BCUT2D eigenvalue weighted by molar-refractivity contribution is 5.85. The summed E-state index contributed by atoms with van der Waals surface area (Å²) >= 11 is 0. The Balaban J connectivity index is 1.72. The largest absolute Gasteiger partial charge is 0.363 e. The van der Waals surface area contributed by atoms with E-state index in [0.29, 0.717) is 13.1 Å². The van der Waals surface area contributed by atoms with Gasteiger partial charge in [0.05, 0.1) is 11.2 Å². The Labute approximate surface area is 169 Å². The fourth-order valence-electron chi connectivity index (χ4n) is 3.62. The maximum atomic E-state index is 13.3. The Hall–Kier alpha value is -3.21. The van der Waals surface area contributed by atoms with Gasteiger partial charge < -0.3 is 4.90 Å². The van der Waals surface area contributed by atoms with Crippen molar-refractivity contribution in [1.29, 1.82) is 0 Å². The molecular formula is C24H23F2N3. The highest BCUT2D eigenvalue weighted by Crippen LogP contribution is 2.27. The monoisotopic (exact) mass is 391 g/mol. The van der Waals surface area contributed by atoms with Gasteiger partial charge >= 0.3 is 0 Å². The quantitative estimate of drug-likeness (QED) is 0.411. The predicted molar refractivity (Wildman–Crippen MR) is 113 cm³/mol. The Kier molecular flexibility index (Phi) is 5.30. The Bertz CT molecular complexity index is 1070. The maximum absolute atomic E-state index is 13.3. The number of rotatable bonds is 6. The second kappa shape index (κ2) is 8.03. The number of aromatic nitrogens is 2. The van der Waals surface area contributed by atoms with Crippen LogP contribution in [0.2, 0.25) is 0 Å². The molecule has 5 heteroatoms. The fourth-order valence-corrected chi connectivity index (χ4v) is 3.62. The molecular weight excluding hydrogens is 368 g/mol. The maximum Gasteiger partial charge on any atom is 0.123 e. The molecule has 0 spiro atoms. The van der Waals surface area contributed by atoms with Crippen LogP contribution in [-0.2, 0) is 19.6 Å². The van der Waals surface area contributed by atoms with Gasteiger partial charge in [0.1, 0.15) is 11.6 Å². The molecule has 0 saturated carbocycles. The highest BCUT2D eigenvalue weighted by atomic mass is 19.1. The van der Waals surface area contributed by atoms with Crippen molar-refractivity contribution in [2.75, 3.05) is 4.90 Å². The first kappa shape index (κ1) is 19.1. The molecule has 4 aromatic rings. The molecule has 0 amide bonds. The average molecular weight is 391 g/mol. The first-order chi connectivity index (χ1) is 14.0. The zero-order valence-corrected chi connectivity index (χ0v) is 16.6. The highest BCUT2D eigenvalue weighted by Gasteiger charge is 2.13. The molecule has 29 heavy (non-hydrogen) atoms. The van der Waals surface area contributed by atoms with Crippen molar-refractivity contribution in [3.8, 4) is 0 Å². The lowest BCUT2D eigenvalue weighted by Crippen LogP contribution is -2.22. The van der Waals surface area contributed by atoms with E-state index >= 15 is 0 Å². The molecule has 1 heterocycles. The van der Waals surface area contributed by atoms with Crippen LogP contribution in [0, 0.1) is 18.6 Å². The molecule has 3 aromatic carbocycles. The van der Waals surface area contributed by atoms with Crippen molar-refractivity contribution < 1.29 is 8.78 Å². The molecule has 0 radical (unpaired) electrons. The molecule has 0 fully saturated rings. The summed E-state index contributed by atoms with van der Waals surface area (Å²) in [6, 6.07) is 19.4. The van der Waals surface area contributed by atoms with Crippen LogP contribution >= 0.6 is 0 Å². The van der Waals surface area contributed by atoms with Gasteiger partial charge in [0.25, 0.3) is 0 Å². The van der Waals surface area contributed by atoms with Gasteiger partial charge in [-0.25, -0.2) is 8.78 Å². The summed E-state index contributed by atoms with van der Waals surface area (Å²) < 4.78 is 28.7. The smallest absolute Gasteiger partial charge is 0.123 e. The third-order valence-corrected chi connectivity index (χ3v) is 5.16. The summed E-state index contributed by atoms with van der Waals surface area (Å²) in [6.07, 6.45) is 0. The van der Waals surface area contributed by atoms with Crippen molar-refractivity contribution in [1.82, 2.24) is 9.78 Å². The molecule has 3 nitrogen and oxygen atoms in total. The molecule has 0 aliphatic heterocycles. The van der Waals surface area contributed by atoms with E-state index in [4.69, 9.17) is 0 Å². The van der Waals surface area contributed by atoms with Gasteiger partial charge in [-0.2, -0.15) is 5.10 Å². The number of hydrogen-bond donors (Lipinski definition) is 0. The number of fused-ring (bicyclic) bond motifs is 1. The summed E-state index contributed by atoms with van der Waals surface area (Å²) in [5, 5.41) is 5.73. The standard InChI is InChI=1S/C24H23F2N3/c1-3-29-24-13-12-22(14-23(24)17(2)27-29)28(15-18-4-8-20(25)9-5-18)16-19-6-10-21(26)11-7-19/h4-14H,3,15-16H2,1-2H3. The molecule has 0 unspecified atom stereocenters. The number of halogens is 2. The van der Waals surface area contributed by atoms with E-state index in [0.717, 1.165) is 40.0 Å². The van der Waals surface area contributed by atoms with Crippen LogP contribution in [0.4, 0.5) is 14.5 Å². The zero-order chi connectivity index (χ0) is 20.4. The summed E-state index contributed by atoms with van der Waals surface area (Å²) in [5.41, 5.74) is 5.17. The van der Waals surface area contributed by atoms with Gasteiger partial charge in [0.15, 0.2) is 0 Å². The lowest BCUT2D eigenvalue weighted by Gasteiger charge is -2.25. The van der Waals surface area contributed by atoms with E-state index in [1.165, 1.54) is 24.3 Å². The van der Waals surface area contributed by atoms with Crippen LogP contribution in [0.15, 0.2) is 66.7 Å². The summed E-state index contributed by atoms with van der Waals surface area (Å²) in [7, 11) is 0. The number of benzene rings is 3. The fraction of sp³-hybridized carbons (Fsp3) is 0.208. The molecule has 4 rings (SSSR count). The van der Waals surface area contributed by atoms with E-state index in [9.17, 15) is 8.78 Å². The van der Waals surface area contributed by atoms with Gasteiger partial charge in [0.2, 0.25) is 0 Å².